The highest BCUT2D eigenvalue weighted by Gasteiger charge is 2.24. The molecule has 1 heterocycles. The van der Waals surface area contributed by atoms with Crippen LogP contribution >= 0.6 is 11.6 Å². The van der Waals surface area contributed by atoms with Crippen molar-refractivity contribution in [2.75, 3.05) is 32.1 Å². The quantitative estimate of drug-likeness (QED) is 0.461. The zero-order chi connectivity index (χ0) is 17.5. The summed E-state index contributed by atoms with van der Waals surface area (Å²) in [6.45, 7) is 3.34. The summed E-state index contributed by atoms with van der Waals surface area (Å²) in [6.07, 6.45) is 1.12. The maximum atomic E-state index is 12.6. The predicted molar refractivity (Wildman–Crippen MR) is 90.2 cm³/mol. The third-order valence-electron chi connectivity index (χ3n) is 3.79. The Hall–Kier alpha value is -2.08. The van der Waals surface area contributed by atoms with Crippen LogP contribution in [-0.4, -0.2) is 59.6 Å². The van der Waals surface area contributed by atoms with Crippen molar-refractivity contribution in [2.45, 2.75) is 19.8 Å². The van der Waals surface area contributed by atoms with Crippen LogP contribution in [0.15, 0.2) is 24.3 Å². The molecule has 0 bridgehead atoms. The van der Waals surface area contributed by atoms with Gasteiger partial charge in [-0.3, -0.25) is 14.4 Å². The van der Waals surface area contributed by atoms with Gasteiger partial charge in [-0.2, -0.15) is 0 Å². The van der Waals surface area contributed by atoms with E-state index in [1.54, 1.807) is 34.1 Å². The van der Waals surface area contributed by atoms with Crippen molar-refractivity contribution in [3.63, 3.8) is 0 Å². The summed E-state index contributed by atoms with van der Waals surface area (Å²) in [5, 5.41) is 0. The lowest BCUT2D eigenvalue weighted by molar-refractivity contribution is -0.133. The predicted octanol–water partition coefficient (Wildman–Crippen LogP) is 1.92. The van der Waals surface area contributed by atoms with Gasteiger partial charge in [0.05, 0.1) is 0 Å². The summed E-state index contributed by atoms with van der Waals surface area (Å²) in [4.78, 5) is 39.0. The molecule has 1 aliphatic rings. The molecule has 2 rings (SSSR count). The van der Waals surface area contributed by atoms with E-state index in [0.29, 0.717) is 56.2 Å². The first kappa shape index (κ1) is 18.3. The largest absolute Gasteiger partial charge is 0.427 e. The van der Waals surface area contributed by atoms with Crippen molar-refractivity contribution >= 4 is 29.4 Å². The molecule has 1 aliphatic heterocycles. The van der Waals surface area contributed by atoms with Crippen LogP contribution in [0.4, 0.5) is 0 Å². The Kier molecular flexibility index (Phi) is 6.61. The number of alkyl halides is 1. The van der Waals surface area contributed by atoms with Crippen molar-refractivity contribution in [2.24, 2.45) is 0 Å². The van der Waals surface area contributed by atoms with Gasteiger partial charge in [0, 0.05) is 51.0 Å². The minimum atomic E-state index is -0.427. The molecule has 1 saturated heterocycles. The van der Waals surface area contributed by atoms with Gasteiger partial charge in [0.25, 0.3) is 5.91 Å². The maximum Gasteiger partial charge on any atom is 0.308 e. The number of hydrogen-bond donors (Lipinski definition) is 0. The Labute approximate surface area is 146 Å². The molecule has 2 amide bonds. The number of piperazine rings is 1. The molecule has 6 nitrogen and oxygen atoms in total. The third-order valence-corrected chi connectivity index (χ3v) is 4.05. The Morgan fingerprint density at radius 2 is 1.79 bits per heavy atom. The Balaban J connectivity index is 1.93. The number of carbonyl (C=O) groups is 3. The summed E-state index contributed by atoms with van der Waals surface area (Å²) < 4.78 is 5.01. The second kappa shape index (κ2) is 8.68. The van der Waals surface area contributed by atoms with Crippen LogP contribution in [0.1, 0.15) is 30.1 Å². The first-order chi connectivity index (χ1) is 11.5. The summed E-state index contributed by atoms with van der Waals surface area (Å²) in [5.74, 6) is 0.353. The van der Waals surface area contributed by atoms with E-state index >= 15 is 0 Å². The van der Waals surface area contributed by atoms with Crippen LogP contribution in [-0.2, 0) is 9.59 Å². The van der Waals surface area contributed by atoms with E-state index in [9.17, 15) is 14.4 Å². The third kappa shape index (κ3) is 4.96. The second-order valence-electron chi connectivity index (χ2n) is 5.59. The van der Waals surface area contributed by atoms with Crippen molar-refractivity contribution < 1.29 is 19.1 Å². The lowest BCUT2D eigenvalue weighted by Crippen LogP contribution is -2.50. The molecule has 1 aromatic carbocycles. The van der Waals surface area contributed by atoms with Gasteiger partial charge in [-0.15, -0.1) is 11.6 Å². The average molecular weight is 353 g/mol. The Morgan fingerprint density at radius 3 is 2.42 bits per heavy atom. The molecule has 24 heavy (non-hydrogen) atoms. The molecule has 1 aromatic rings. The molecule has 1 fully saturated rings. The van der Waals surface area contributed by atoms with E-state index in [1.807, 2.05) is 0 Å². The van der Waals surface area contributed by atoms with E-state index < -0.39 is 5.97 Å². The highest BCUT2D eigenvalue weighted by Crippen LogP contribution is 2.16. The molecule has 130 valence electrons. The number of nitrogens with zero attached hydrogens (tertiary/aromatic N) is 2. The number of esters is 1. The molecule has 0 N–H and O–H groups in total. The van der Waals surface area contributed by atoms with Gasteiger partial charge in [0.2, 0.25) is 5.91 Å². The first-order valence-electron chi connectivity index (χ1n) is 7.92. The van der Waals surface area contributed by atoms with Crippen LogP contribution in [0.3, 0.4) is 0 Å². The number of amides is 2. The summed E-state index contributed by atoms with van der Waals surface area (Å²) >= 11 is 5.61. The normalized spacial score (nSPS) is 14.4. The molecule has 0 saturated carbocycles. The second-order valence-corrected chi connectivity index (χ2v) is 5.96. The lowest BCUT2D eigenvalue weighted by atomic mass is 10.1. The molecule has 0 unspecified atom stereocenters. The summed E-state index contributed by atoms with van der Waals surface area (Å²) in [6, 6.07) is 6.55. The monoisotopic (exact) mass is 352 g/mol. The van der Waals surface area contributed by atoms with Crippen LogP contribution in [0, 0.1) is 0 Å². The van der Waals surface area contributed by atoms with Crippen molar-refractivity contribution in [1.82, 2.24) is 9.80 Å². The van der Waals surface area contributed by atoms with Crippen molar-refractivity contribution in [3.05, 3.63) is 29.8 Å². The summed E-state index contributed by atoms with van der Waals surface area (Å²) in [5.41, 5.74) is 0.468. The number of carbonyl (C=O) groups excluding carboxylic acids is 3. The van der Waals surface area contributed by atoms with Gasteiger partial charge >= 0.3 is 5.97 Å². The van der Waals surface area contributed by atoms with Crippen LogP contribution in [0.2, 0.25) is 0 Å². The number of rotatable bonds is 5. The van der Waals surface area contributed by atoms with Gasteiger partial charge in [0.1, 0.15) is 5.75 Å². The zero-order valence-electron chi connectivity index (χ0n) is 13.7. The Bertz CT molecular complexity index is 612. The minimum Gasteiger partial charge on any atom is -0.427 e. The minimum absolute atomic E-state index is 0.0830. The molecule has 0 atom stereocenters. The zero-order valence-corrected chi connectivity index (χ0v) is 14.4. The van der Waals surface area contributed by atoms with Gasteiger partial charge in [0.15, 0.2) is 0 Å². The van der Waals surface area contributed by atoms with E-state index in [1.165, 1.54) is 6.92 Å². The lowest BCUT2D eigenvalue weighted by Gasteiger charge is -2.35. The molecular weight excluding hydrogens is 332 g/mol. The molecule has 0 aromatic heterocycles. The fraction of sp³-hybridized carbons (Fsp3) is 0.471. The van der Waals surface area contributed by atoms with Gasteiger partial charge in [-0.1, -0.05) is 6.07 Å². The van der Waals surface area contributed by atoms with Crippen LogP contribution < -0.4 is 4.74 Å². The van der Waals surface area contributed by atoms with Gasteiger partial charge < -0.3 is 14.5 Å². The number of benzene rings is 1. The number of hydrogen-bond acceptors (Lipinski definition) is 4. The van der Waals surface area contributed by atoms with Crippen LogP contribution in [0.25, 0.3) is 0 Å². The van der Waals surface area contributed by atoms with E-state index in [4.69, 9.17) is 16.3 Å². The smallest absolute Gasteiger partial charge is 0.308 e. The number of ether oxygens (including phenoxy) is 1. The maximum absolute atomic E-state index is 12.6. The summed E-state index contributed by atoms with van der Waals surface area (Å²) in [7, 11) is 0. The van der Waals surface area contributed by atoms with Crippen LogP contribution in [0.5, 0.6) is 5.75 Å². The topological polar surface area (TPSA) is 66.9 Å². The first-order valence-corrected chi connectivity index (χ1v) is 8.46. The Morgan fingerprint density at radius 1 is 1.12 bits per heavy atom. The van der Waals surface area contributed by atoms with Gasteiger partial charge in [-0.25, -0.2) is 0 Å². The molecule has 0 aliphatic carbocycles. The molecule has 7 heteroatoms. The van der Waals surface area contributed by atoms with Crippen molar-refractivity contribution in [3.8, 4) is 5.75 Å². The average Bonchev–Trinajstić information content (AvgIpc) is 2.59. The molecule has 0 radical (unpaired) electrons. The van der Waals surface area contributed by atoms with Gasteiger partial charge in [-0.05, 0) is 24.6 Å². The van der Waals surface area contributed by atoms with Crippen molar-refractivity contribution in [1.29, 1.82) is 0 Å². The number of halogens is 1. The molecular formula is C17H21ClN2O4. The fourth-order valence-corrected chi connectivity index (χ4v) is 2.71. The highest BCUT2D eigenvalue weighted by molar-refractivity contribution is 6.17. The standard InChI is InChI=1S/C17H21ClN2O4/c1-13(21)24-15-5-2-4-14(12-15)17(23)20-10-8-19(9-11-20)16(22)6-3-7-18/h2,4-5,12H,3,6-11H2,1H3. The SMILES string of the molecule is CC(=O)Oc1cccc(C(=O)N2CCN(C(=O)CCCCl)CC2)c1. The fourth-order valence-electron chi connectivity index (χ4n) is 2.58. The van der Waals surface area contributed by atoms with E-state index in [-0.39, 0.29) is 11.8 Å². The highest BCUT2D eigenvalue weighted by atomic mass is 35.5. The molecule has 0 spiro atoms. The van der Waals surface area contributed by atoms with E-state index in [2.05, 4.69) is 0 Å². The van der Waals surface area contributed by atoms with E-state index in [0.717, 1.165) is 0 Å².